The Labute approximate surface area is 87.5 Å². The van der Waals surface area contributed by atoms with Crippen LogP contribution in [0.5, 0.6) is 0 Å². The number of nitrogen functional groups attached to an aromatic ring is 1. The summed E-state index contributed by atoms with van der Waals surface area (Å²) >= 11 is 0. The number of imidazole rings is 1. The standard InChI is InChI=1S/C10H13N5/c1-6(2)3-4-7-8-9(13-5-12-7)15-10(11)14-8/h3,5H,4H2,1-2H3,(H3,11,12,13,14,15). The van der Waals surface area contributed by atoms with Crippen LogP contribution in [0.15, 0.2) is 18.0 Å². The van der Waals surface area contributed by atoms with E-state index in [-0.39, 0.29) is 0 Å². The Balaban J connectivity index is 2.46. The highest BCUT2D eigenvalue weighted by molar-refractivity contribution is 5.75. The van der Waals surface area contributed by atoms with E-state index in [1.165, 1.54) is 11.9 Å². The molecule has 0 saturated carbocycles. The Morgan fingerprint density at radius 1 is 1.47 bits per heavy atom. The van der Waals surface area contributed by atoms with Gasteiger partial charge in [0.25, 0.3) is 0 Å². The zero-order valence-corrected chi connectivity index (χ0v) is 8.78. The van der Waals surface area contributed by atoms with Gasteiger partial charge >= 0.3 is 0 Å². The van der Waals surface area contributed by atoms with E-state index < -0.39 is 0 Å². The van der Waals surface area contributed by atoms with Gasteiger partial charge in [0.1, 0.15) is 11.8 Å². The van der Waals surface area contributed by atoms with E-state index in [0.29, 0.717) is 11.6 Å². The highest BCUT2D eigenvalue weighted by Gasteiger charge is 2.06. The van der Waals surface area contributed by atoms with Gasteiger partial charge in [-0.05, 0) is 13.8 Å². The van der Waals surface area contributed by atoms with Gasteiger partial charge in [0, 0.05) is 6.42 Å². The molecule has 0 fully saturated rings. The van der Waals surface area contributed by atoms with Crippen molar-refractivity contribution in [2.45, 2.75) is 20.3 Å². The van der Waals surface area contributed by atoms with Crippen LogP contribution in [0.2, 0.25) is 0 Å². The Morgan fingerprint density at radius 2 is 2.27 bits per heavy atom. The van der Waals surface area contributed by atoms with Crippen LogP contribution in [-0.4, -0.2) is 19.9 Å². The number of hydrogen-bond donors (Lipinski definition) is 2. The summed E-state index contributed by atoms with van der Waals surface area (Å²) in [7, 11) is 0. The maximum absolute atomic E-state index is 5.57. The lowest BCUT2D eigenvalue weighted by Crippen LogP contribution is -1.92. The monoisotopic (exact) mass is 203 g/mol. The molecular weight excluding hydrogens is 190 g/mol. The zero-order valence-electron chi connectivity index (χ0n) is 8.78. The van der Waals surface area contributed by atoms with Crippen molar-refractivity contribution in [3.8, 4) is 0 Å². The van der Waals surface area contributed by atoms with Gasteiger partial charge in [0.05, 0.1) is 5.69 Å². The molecule has 5 heteroatoms. The molecule has 3 N–H and O–H groups in total. The summed E-state index contributed by atoms with van der Waals surface area (Å²) in [5.74, 6) is 0.379. The van der Waals surface area contributed by atoms with Crippen LogP contribution in [0.3, 0.4) is 0 Å². The van der Waals surface area contributed by atoms with Crippen molar-refractivity contribution in [3.63, 3.8) is 0 Å². The number of aromatic nitrogens is 4. The molecule has 0 radical (unpaired) electrons. The van der Waals surface area contributed by atoms with Gasteiger partial charge in [0.15, 0.2) is 11.6 Å². The van der Waals surface area contributed by atoms with Crippen LogP contribution in [0, 0.1) is 0 Å². The molecule has 2 aromatic rings. The van der Waals surface area contributed by atoms with Crippen molar-refractivity contribution in [2.75, 3.05) is 5.73 Å². The number of hydrogen-bond acceptors (Lipinski definition) is 4. The van der Waals surface area contributed by atoms with E-state index in [1.807, 2.05) is 0 Å². The van der Waals surface area contributed by atoms with Gasteiger partial charge in [-0.15, -0.1) is 0 Å². The van der Waals surface area contributed by atoms with Crippen molar-refractivity contribution in [1.29, 1.82) is 0 Å². The molecule has 0 aliphatic carbocycles. The SMILES string of the molecule is CC(C)=CCc1ncnc2nc(N)[nH]c12. The first-order valence-electron chi connectivity index (χ1n) is 4.75. The molecule has 2 rings (SSSR count). The molecule has 2 heterocycles. The maximum Gasteiger partial charge on any atom is 0.200 e. The molecule has 0 aromatic carbocycles. The molecule has 0 spiro atoms. The van der Waals surface area contributed by atoms with Crippen molar-refractivity contribution in [2.24, 2.45) is 0 Å². The summed E-state index contributed by atoms with van der Waals surface area (Å²) in [4.78, 5) is 15.3. The summed E-state index contributed by atoms with van der Waals surface area (Å²) < 4.78 is 0. The summed E-state index contributed by atoms with van der Waals surface area (Å²) in [6.45, 7) is 4.11. The molecular formula is C10H13N5. The van der Waals surface area contributed by atoms with Crippen molar-refractivity contribution < 1.29 is 0 Å². The average molecular weight is 203 g/mol. The van der Waals surface area contributed by atoms with Crippen LogP contribution < -0.4 is 5.73 Å². The number of nitrogens with zero attached hydrogens (tertiary/aromatic N) is 3. The highest BCUT2D eigenvalue weighted by Crippen LogP contribution is 2.13. The van der Waals surface area contributed by atoms with Gasteiger partial charge in [-0.1, -0.05) is 11.6 Å². The largest absolute Gasteiger partial charge is 0.369 e. The van der Waals surface area contributed by atoms with Crippen LogP contribution >= 0.6 is 0 Å². The molecule has 0 aliphatic heterocycles. The molecule has 0 amide bonds. The number of aromatic amines is 1. The van der Waals surface area contributed by atoms with E-state index in [4.69, 9.17) is 5.73 Å². The van der Waals surface area contributed by atoms with Crippen LogP contribution in [0.4, 0.5) is 5.95 Å². The fraction of sp³-hybridized carbons (Fsp3) is 0.300. The fourth-order valence-corrected chi connectivity index (χ4v) is 1.35. The first-order chi connectivity index (χ1) is 7.16. The van der Waals surface area contributed by atoms with E-state index in [1.54, 1.807) is 0 Å². The number of allylic oxidation sites excluding steroid dienone is 2. The van der Waals surface area contributed by atoms with Crippen molar-refractivity contribution in [3.05, 3.63) is 23.7 Å². The Hall–Kier alpha value is -1.91. The summed E-state index contributed by atoms with van der Waals surface area (Å²) in [6.07, 6.45) is 4.39. The quantitative estimate of drug-likeness (QED) is 0.724. The number of nitrogens with two attached hydrogens (primary N) is 1. The summed E-state index contributed by atoms with van der Waals surface area (Å²) in [6, 6.07) is 0. The lowest BCUT2D eigenvalue weighted by atomic mass is 10.2. The van der Waals surface area contributed by atoms with Crippen molar-refractivity contribution in [1.82, 2.24) is 19.9 Å². The van der Waals surface area contributed by atoms with Gasteiger partial charge in [-0.3, -0.25) is 0 Å². The van der Waals surface area contributed by atoms with Gasteiger partial charge < -0.3 is 10.7 Å². The number of fused-ring (bicyclic) bond motifs is 1. The second kappa shape index (κ2) is 3.68. The predicted molar refractivity (Wildman–Crippen MR) is 59.2 cm³/mol. The first-order valence-corrected chi connectivity index (χ1v) is 4.75. The Bertz CT molecular complexity index is 508. The first kappa shape index (κ1) is 9.64. The van der Waals surface area contributed by atoms with E-state index in [9.17, 15) is 0 Å². The highest BCUT2D eigenvalue weighted by atomic mass is 15.1. The molecule has 0 bridgehead atoms. The third kappa shape index (κ3) is 1.96. The topological polar surface area (TPSA) is 80.5 Å². The summed E-state index contributed by atoms with van der Waals surface area (Å²) in [5, 5.41) is 0. The Morgan fingerprint density at radius 3 is 3.00 bits per heavy atom. The number of nitrogens with one attached hydrogen (secondary N) is 1. The fourth-order valence-electron chi connectivity index (χ4n) is 1.35. The number of anilines is 1. The minimum absolute atomic E-state index is 0.379. The molecule has 0 aliphatic rings. The normalized spacial score (nSPS) is 10.5. The predicted octanol–water partition coefficient (Wildman–Crippen LogP) is 1.44. The molecule has 2 aromatic heterocycles. The third-order valence-corrected chi connectivity index (χ3v) is 2.09. The molecule has 0 saturated heterocycles. The second-order valence-corrected chi connectivity index (χ2v) is 3.63. The smallest absolute Gasteiger partial charge is 0.200 e. The van der Waals surface area contributed by atoms with Crippen LogP contribution in [0.25, 0.3) is 11.2 Å². The van der Waals surface area contributed by atoms with E-state index in [2.05, 4.69) is 39.9 Å². The minimum atomic E-state index is 0.379. The minimum Gasteiger partial charge on any atom is -0.369 e. The molecule has 5 nitrogen and oxygen atoms in total. The van der Waals surface area contributed by atoms with Crippen LogP contribution in [0.1, 0.15) is 19.5 Å². The second-order valence-electron chi connectivity index (χ2n) is 3.63. The molecule has 0 unspecified atom stereocenters. The maximum atomic E-state index is 5.57. The molecule has 78 valence electrons. The average Bonchev–Trinajstić information content (AvgIpc) is 2.55. The number of rotatable bonds is 2. The van der Waals surface area contributed by atoms with Crippen LogP contribution in [-0.2, 0) is 6.42 Å². The lowest BCUT2D eigenvalue weighted by molar-refractivity contribution is 1.07. The van der Waals surface area contributed by atoms with E-state index >= 15 is 0 Å². The van der Waals surface area contributed by atoms with E-state index in [0.717, 1.165) is 17.6 Å². The van der Waals surface area contributed by atoms with Gasteiger partial charge in [0.2, 0.25) is 0 Å². The Kier molecular flexibility index (Phi) is 2.37. The van der Waals surface area contributed by atoms with Crippen molar-refractivity contribution >= 4 is 17.1 Å². The molecule has 0 atom stereocenters. The van der Waals surface area contributed by atoms with Gasteiger partial charge in [-0.25, -0.2) is 9.97 Å². The molecule has 15 heavy (non-hydrogen) atoms. The number of H-pyrrole nitrogens is 1. The lowest BCUT2D eigenvalue weighted by Gasteiger charge is -1.96. The van der Waals surface area contributed by atoms with Gasteiger partial charge in [-0.2, -0.15) is 4.98 Å². The summed E-state index contributed by atoms with van der Waals surface area (Å²) in [5.41, 5.74) is 9.20. The zero-order chi connectivity index (χ0) is 10.8. The third-order valence-electron chi connectivity index (χ3n) is 2.09.